The van der Waals surface area contributed by atoms with Gasteiger partial charge in [0.15, 0.2) is 0 Å². The Labute approximate surface area is 123 Å². The van der Waals surface area contributed by atoms with Gasteiger partial charge in [0.2, 0.25) is 0 Å². The van der Waals surface area contributed by atoms with Crippen LogP contribution in [0.2, 0.25) is 5.02 Å². The highest BCUT2D eigenvalue weighted by Gasteiger charge is 2.44. The summed E-state index contributed by atoms with van der Waals surface area (Å²) in [5.74, 6) is -1.28. The molecule has 1 aromatic carbocycles. The van der Waals surface area contributed by atoms with Gasteiger partial charge in [0.05, 0.1) is 10.4 Å². The summed E-state index contributed by atoms with van der Waals surface area (Å²) in [6, 6.07) is 4.60. The second-order valence-electron chi connectivity index (χ2n) is 6.64. The highest BCUT2D eigenvalue weighted by atomic mass is 35.5. The molecule has 0 radical (unpaired) electrons. The first-order valence-corrected chi connectivity index (χ1v) is 7.30. The number of carbonyl (C=O) groups is 1. The van der Waals surface area contributed by atoms with E-state index in [2.05, 4.69) is 13.8 Å². The van der Waals surface area contributed by atoms with Gasteiger partial charge in [-0.15, -0.1) is 0 Å². The SMILES string of the molecule is CC1(C)CCC(Cc2cccc(F)c2Cl)(C(=O)O)CC1. The molecule has 2 nitrogen and oxygen atoms in total. The smallest absolute Gasteiger partial charge is 0.309 e. The van der Waals surface area contributed by atoms with Gasteiger partial charge in [0, 0.05) is 0 Å². The van der Waals surface area contributed by atoms with Gasteiger partial charge >= 0.3 is 5.97 Å². The molecule has 0 unspecified atom stereocenters. The molecule has 0 atom stereocenters. The topological polar surface area (TPSA) is 37.3 Å². The lowest BCUT2D eigenvalue weighted by molar-refractivity contribution is -0.152. The summed E-state index contributed by atoms with van der Waals surface area (Å²) in [7, 11) is 0. The van der Waals surface area contributed by atoms with Crippen molar-refractivity contribution in [2.45, 2.75) is 46.0 Å². The van der Waals surface area contributed by atoms with Gasteiger partial charge in [-0.05, 0) is 49.1 Å². The van der Waals surface area contributed by atoms with Crippen LogP contribution in [0.5, 0.6) is 0 Å². The van der Waals surface area contributed by atoms with Crippen LogP contribution in [0.15, 0.2) is 18.2 Å². The van der Waals surface area contributed by atoms with Crippen LogP contribution in [-0.2, 0) is 11.2 Å². The molecule has 1 N–H and O–H groups in total. The van der Waals surface area contributed by atoms with E-state index in [-0.39, 0.29) is 10.4 Å². The number of hydrogen-bond donors (Lipinski definition) is 1. The molecule has 1 aliphatic carbocycles. The van der Waals surface area contributed by atoms with Crippen molar-refractivity contribution in [2.75, 3.05) is 0 Å². The van der Waals surface area contributed by atoms with E-state index in [4.69, 9.17) is 11.6 Å². The van der Waals surface area contributed by atoms with Gasteiger partial charge in [0.25, 0.3) is 0 Å². The lowest BCUT2D eigenvalue weighted by Gasteiger charge is -2.41. The molecule has 4 heteroatoms. The molecule has 1 aliphatic rings. The third-order valence-corrected chi connectivity index (χ3v) is 5.00. The monoisotopic (exact) mass is 298 g/mol. The number of aliphatic carboxylic acids is 1. The van der Waals surface area contributed by atoms with Crippen LogP contribution in [0.25, 0.3) is 0 Å². The number of carboxylic acids is 1. The van der Waals surface area contributed by atoms with Crippen molar-refractivity contribution < 1.29 is 14.3 Å². The molecule has 2 rings (SSSR count). The van der Waals surface area contributed by atoms with Crippen LogP contribution in [0.1, 0.15) is 45.1 Å². The summed E-state index contributed by atoms with van der Waals surface area (Å²) in [5.41, 5.74) is -0.0359. The molecule has 0 aliphatic heterocycles. The zero-order valence-corrected chi connectivity index (χ0v) is 12.6. The Hall–Kier alpha value is -1.09. The molecule has 0 spiro atoms. The van der Waals surface area contributed by atoms with E-state index < -0.39 is 17.2 Å². The Morgan fingerprint density at radius 3 is 2.45 bits per heavy atom. The lowest BCUT2D eigenvalue weighted by Crippen LogP contribution is -2.39. The third-order valence-electron chi connectivity index (χ3n) is 4.57. The van der Waals surface area contributed by atoms with Crippen molar-refractivity contribution in [3.05, 3.63) is 34.6 Å². The van der Waals surface area contributed by atoms with Crippen molar-refractivity contribution in [1.29, 1.82) is 0 Å². The van der Waals surface area contributed by atoms with E-state index in [1.165, 1.54) is 6.07 Å². The quantitative estimate of drug-likeness (QED) is 0.878. The van der Waals surface area contributed by atoms with Crippen LogP contribution in [0.4, 0.5) is 4.39 Å². The van der Waals surface area contributed by atoms with Crippen LogP contribution in [-0.4, -0.2) is 11.1 Å². The highest BCUT2D eigenvalue weighted by molar-refractivity contribution is 6.31. The Balaban J connectivity index is 2.27. The van der Waals surface area contributed by atoms with Crippen LogP contribution < -0.4 is 0 Å². The fraction of sp³-hybridized carbons (Fsp3) is 0.562. The predicted molar refractivity (Wildman–Crippen MR) is 77.4 cm³/mol. The lowest BCUT2D eigenvalue weighted by atomic mass is 9.63. The van der Waals surface area contributed by atoms with E-state index in [0.29, 0.717) is 24.8 Å². The number of hydrogen-bond acceptors (Lipinski definition) is 1. The van der Waals surface area contributed by atoms with Crippen LogP contribution >= 0.6 is 11.6 Å². The molecule has 0 amide bonds. The van der Waals surface area contributed by atoms with Crippen LogP contribution in [0, 0.1) is 16.6 Å². The largest absolute Gasteiger partial charge is 0.481 e. The van der Waals surface area contributed by atoms with Gasteiger partial charge in [-0.25, -0.2) is 4.39 Å². The standard InChI is InChI=1S/C16H20ClFO2/c1-15(2)6-8-16(9-7-15,14(19)20)10-11-4-3-5-12(18)13(11)17/h3-5H,6-10H2,1-2H3,(H,19,20). The van der Waals surface area contributed by atoms with Crippen molar-refractivity contribution in [1.82, 2.24) is 0 Å². The first kappa shape index (κ1) is 15.3. The van der Waals surface area contributed by atoms with Gasteiger partial charge in [-0.3, -0.25) is 4.79 Å². The zero-order valence-electron chi connectivity index (χ0n) is 11.9. The first-order chi connectivity index (χ1) is 9.26. The maximum atomic E-state index is 13.5. The number of carboxylic acid groups (broad SMARTS) is 1. The molecular formula is C16H20ClFO2. The summed E-state index contributed by atoms with van der Waals surface area (Å²) in [6.07, 6.45) is 3.26. The number of benzene rings is 1. The summed E-state index contributed by atoms with van der Waals surface area (Å²) in [6.45, 7) is 4.32. The van der Waals surface area contributed by atoms with E-state index in [9.17, 15) is 14.3 Å². The number of halogens is 2. The van der Waals surface area contributed by atoms with Gasteiger partial charge in [-0.2, -0.15) is 0 Å². The Kier molecular flexibility index (Phi) is 4.10. The molecule has 20 heavy (non-hydrogen) atoms. The summed E-state index contributed by atoms with van der Waals surface area (Å²) < 4.78 is 13.5. The molecule has 1 fully saturated rings. The van der Waals surface area contributed by atoms with Gasteiger partial charge in [0.1, 0.15) is 5.82 Å². The second kappa shape index (κ2) is 5.36. The van der Waals surface area contributed by atoms with Crippen molar-refractivity contribution in [3.8, 4) is 0 Å². The molecule has 1 aromatic rings. The Morgan fingerprint density at radius 1 is 1.30 bits per heavy atom. The van der Waals surface area contributed by atoms with Crippen molar-refractivity contribution in [2.24, 2.45) is 10.8 Å². The minimum atomic E-state index is -0.813. The average molecular weight is 299 g/mol. The predicted octanol–water partition coefficient (Wildman–Crippen LogP) is 4.69. The first-order valence-electron chi connectivity index (χ1n) is 6.92. The molecule has 110 valence electrons. The summed E-state index contributed by atoms with van der Waals surface area (Å²) in [4.78, 5) is 11.8. The molecule has 1 saturated carbocycles. The third kappa shape index (κ3) is 2.98. The van der Waals surface area contributed by atoms with E-state index in [0.717, 1.165) is 12.8 Å². The second-order valence-corrected chi connectivity index (χ2v) is 7.02. The van der Waals surface area contributed by atoms with E-state index >= 15 is 0 Å². The Bertz CT molecular complexity index is 515. The minimum absolute atomic E-state index is 0.0537. The van der Waals surface area contributed by atoms with E-state index in [1.54, 1.807) is 12.1 Å². The molecular weight excluding hydrogens is 279 g/mol. The minimum Gasteiger partial charge on any atom is -0.481 e. The van der Waals surface area contributed by atoms with E-state index in [1.807, 2.05) is 0 Å². The van der Waals surface area contributed by atoms with Crippen molar-refractivity contribution >= 4 is 17.6 Å². The van der Waals surface area contributed by atoms with Gasteiger partial charge < -0.3 is 5.11 Å². The van der Waals surface area contributed by atoms with Gasteiger partial charge in [-0.1, -0.05) is 37.6 Å². The fourth-order valence-corrected chi connectivity index (χ4v) is 3.11. The average Bonchev–Trinajstić information content (AvgIpc) is 2.37. The summed E-state index contributed by atoms with van der Waals surface area (Å²) in [5, 5.41) is 9.70. The van der Waals surface area contributed by atoms with Crippen molar-refractivity contribution in [3.63, 3.8) is 0 Å². The zero-order chi connectivity index (χ0) is 15.0. The normalized spacial score (nSPS) is 20.6. The molecule has 0 bridgehead atoms. The summed E-state index contributed by atoms with van der Waals surface area (Å²) >= 11 is 5.97. The highest BCUT2D eigenvalue weighted by Crippen LogP contribution is 2.47. The molecule has 0 aromatic heterocycles. The Morgan fingerprint density at radius 2 is 1.90 bits per heavy atom. The maximum Gasteiger partial charge on any atom is 0.309 e. The molecule has 0 saturated heterocycles. The van der Waals surface area contributed by atoms with Crippen LogP contribution in [0.3, 0.4) is 0 Å². The fourth-order valence-electron chi connectivity index (χ4n) is 2.92. The molecule has 0 heterocycles. The maximum absolute atomic E-state index is 13.5. The number of rotatable bonds is 3.